The van der Waals surface area contributed by atoms with E-state index in [-0.39, 0.29) is 17.3 Å². The van der Waals surface area contributed by atoms with Gasteiger partial charge >= 0.3 is 0 Å². The van der Waals surface area contributed by atoms with E-state index in [2.05, 4.69) is 32.1 Å². The fourth-order valence-corrected chi connectivity index (χ4v) is 1.46. The quantitative estimate of drug-likeness (QED) is 0.438. The Kier molecular flexibility index (Phi) is 4.32. The maximum atomic E-state index is 7.85. The fourth-order valence-electron chi connectivity index (χ4n) is 1.46. The molecule has 4 N–H and O–H groups in total. The van der Waals surface area contributed by atoms with Gasteiger partial charge in [0.1, 0.15) is 6.61 Å². The molecule has 0 bridgehead atoms. The number of hydrogen-bond acceptors (Lipinski definition) is 6. The Morgan fingerprint density at radius 2 is 2.35 bits per heavy atom. The number of hydrogen-bond donors (Lipinski definition) is 3. The average Bonchev–Trinajstić information content (AvgIpc) is 2.86. The highest BCUT2D eigenvalue weighted by atomic mass is 16.6. The number of methoxy groups -OCH3 is 1. The Morgan fingerprint density at radius 1 is 1.50 bits per heavy atom. The number of nitrogen functional groups attached to an aromatic ring is 1. The first-order chi connectivity index (χ1) is 9.70. The summed E-state index contributed by atoms with van der Waals surface area (Å²) < 4.78 is 9.31. The molecule has 0 aliphatic heterocycles. The molecule has 0 radical (unpaired) electrons. The lowest BCUT2D eigenvalue weighted by Gasteiger charge is -2.05. The van der Waals surface area contributed by atoms with Crippen molar-refractivity contribution in [2.45, 2.75) is 0 Å². The van der Waals surface area contributed by atoms with Gasteiger partial charge in [-0.15, -0.1) is 0 Å². The van der Waals surface area contributed by atoms with Gasteiger partial charge in [-0.1, -0.05) is 17.9 Å². The van der Waals surface area contributed by atoms with Crippen molar-refractivity contribution in [1.29, 1.82) is 5.41 Å². The standard InChI is InChI=1S/C13H13N5O2/c1-19-7-3-5-9-4-2-6-10(8-9)16-12(14)11-13(15)18-20-17-11/h2,4,6,8H,7H2,1H3,(H2,14,16)(H2,15,18). The zero-order chi connectivity index (χ0) is 14.4. The SMILES string of the molecule is COCC#Cc1cccc(NC(=N)c2nonc2N)c1. The Balaban J connectivity index is 2.11. The lowest BCUT2D eigenvalue weighted by atomic mass is 10.2. The number of amidine groups is 1. The second kappa shape index (κ2) is 6.36. The maximum absolute atomic E-state index is 7.85. The molecule has 0 unspecified atom stereocenters. The van der Waals surface area contributed by atoms with Crippen LogP contribution in [0.15, 0.2) is 28.9 Å². The molecule has 0 fully saturated rings. The van der Waals surface area contributed by atoms with E-state index >= 15 is 0 Å². The van der Waals surface area contributed by atoms with Gasteiger partial charge in [-0.05, 0) is 28.5 Å². The van der Waals surface area contributed by atoms with Crippen molar-refractivity contribution in [3.05, 3.63) is 35.5 Å². The molecule has 1 heterocycles. The van der Waals surface area contributed by atoms with Crippen LogP contribution in [-0.2, 0) is 4.74 Å². The van der Waals surface area contributed by atoms with E-state index in [0.717, 1.165) is 5.56 Å². The van der Waals surface area contributed by atoms with Gasteiger partial charge in [0, 0.05) is 18.4 Å². The van der Waals surface area contributed by atoms with Crippen molar-refractivity contribution < 1.29 is 9.37 Å². The maximum Gasteiger partial charge on any atom is 0.199 e. The van der Waals surface area contributed by atoms with Crippen molar-refractivity contribution in [1.82, 2.24) is 10.3 Å². The Labute approximate surface area is 115 Å². The predicted octanol–water partition coefficient (Wildman–Crippen LogP) is 1.09. The number of nitrogens with zero attached hydrogens (tertiary/aromatic N) is 2. The van der Waals surface area contributed by atoms with Gasteiger partial charge in [0.15, 0.2) is 17.3 Å². The zero-order valence-corrected chi connectivity index (χ0v) is 10.8. The molecular formula is C13H13N5O2. The van der Waals surface area contributed by atoms with Gasteiger partial charge in [-0.2, -0.15) is 0 Å². The minimum atomic E-state index is 0.00532. The summed E-state index contributed by atoms with van der Waals surface area (Å²) in [6.45, 7) is 0.370. The summed E-state index contributed by atoms with van der Waals surface area (Å²) in [5.41, 5.74) is 7.20. The van der Waals surface area contributed by atoms with Crippen molar-refractivity contribution in [3.63, 3.8) is 0 Å². The molecule has 7 nitrogen and oxygen atoms in total. The molecule has 0 atom stereocenters. The number of aromatic nitrogens is 2. The van der Waals surface area contributed by atoms with Gasteiger partial charge < -0.3 is 15.8 Å². The van der Waals surface area contributed by atoms with Gasteiger partial charge in [-0.25, -0.2) is 4.63 Å². The summed E-state index contributed by atoms with van der Waals surface area (Å²) in [5.74, 6) is 5.88. The van der Waals surface area contributed by atoms with Gasteiger partial charge in [0.05, 0.1) is 0 Å². The van der Waals surface area contributed by atoms with Crippen LogP contribution in [0.5, 0.6) is 0 Å². The smallest absolute Gasteiger partial charge is 0.199 e. The molecule has 1 aromatic carbocycles. The molecule has 0 aliphatic rings. The van der Waals surface area contributed by atoms with E-state index in [4.69, 9.17) is 15.9 Å². The summed E-state index contributed by atoms with van der Waals surface area (Å²) in [4.78, 5) is 0. The average molecular weight is 271 g/mol. The van der Waals surface area contributed by atoms with E-state index in [1.807, 2.05) is 12.1 Å². The summed E-state index contributed by atoms with van der Waals surface area (Å²) in [6, 6.07) is 7.31. The molecule has 0 saturated carbocycles. The Morgan fingerprint density at radius 3 is 3.05 bits per heavy atom. The van der Waals surface area contributed by atoms with Crippen molar-refractivity contribution in [3.8, 4) is 11.8 Å². The third-order valence-electron chi connectivity index (χ3n) is 2.33. The zero-order valence-electron chi connectivity index (χ0n) is 10.8. The molecule has 102 valence electrons. The largest absolute Gasteiger partial charge is 0.379 e. The van der Waals surface area contributed by atoms with Crippen molar-refractivity contribution in [2.75, 3.05) is 24.8 Å². The molecular weight excluding hydrogens is 258 g/mol. The van der Waals surface area contributed by atoms with Crippen LogP contribution in [0.25, 0.3) is 0 Å². The normalized spacial score (nSPS) is 9.65. The first-order valence-electron chi connectivity index (χ1n) is 5.72. The second-order valence-corrected chi connectivity index (χ2v) is 3.81. The number of anilines is 2. The molecule has 0 amide bonds. The summed E-state index contributed by atoms with van der Waals surface area (Å²) in [7, 11) is 1.59. The topological polar surface area (TPSA) is 110 Å². The minimum Gasteiger partial charge on any atom is -0.379 e. The molecule has 0 saturated heterocycles. The summed E-state index contributed by atoms with van der Waals surface area (Å²) in [6.07, 6.45) is 0. The van der Waals surface area contributed by atoms with Gasteiger partial charge in [0.2, 0.25) is 0 Å². The molecule has 2 aromatic rings. The lowest BCUT2D eigenvalue weighted by molar-refractivity contribution is 0.240. The van der Waals surface area contributed by atoms with Crippen LogP contribution in [0.3, 0.4) is 0 Å². The first kappa shape index (κ1) is 13.6. The van der Waals surface area contributed by atoms with Crippen LogP contribution in [0.1, 0.15) is 11.3 Å². The highest BCUT2D eigenvalue weighted by Crippen LogP contribution is 2.12. The second-order valence-electron chi connectivity index (χ2n) is 3.81. The molecule has 2 rings (SSSR count). The van der Waals surface area contributed by atoms with E-state index in [1.165, 1.54) is 0 Å². The van der Waals surface area contributed by atoms with Gasteiger partial charge in [-0.3, -0.25) is 5.41 Å². The van der Waals surface area contributed by atoms with Gasteiger partial charge in [0.25, 0.3) is 0 Å². The highest BCUT2D eigenvalue weighted by molar-refractivity contribution is 6.07. The van der Waals surface area contributed by atoms with Crippen LogP contribution in [0.2, 0.25) is 0 Å². The molecule has 20 heavy (non-hydrogen) atoms. The van der Waals surface area contributed by atoms with Crippen LogP contribution >= 0.6 is 0 Å². The number of nitrogens with two attached hydrogens (primary N) is 1. The van der Waals surface area contributed by atoms with E-state index in [9.17, 15) is 0 Å². The van der Waals surface area contributed by atoms with Crippen LogP contribution < -0.4 is 11.1 Å². The predicted molar refractivity (Wildman–Crippen MR) is 74.4 cm³/mol. The summed E-state index contributed by atoms with van der Waals surface area (Å²) >= 11 is 0. The Hall–Kier alpha value is -2.85. The lowest BCUT2D eigenvalue weighted by Crippen LogP contribution is -2.14. The van der Waals surface area contributed by atoms with E-state index in [0.29, 0.717) is 12.3 Å². The third-order valence-corrected chi connectivity index (χ3v) is 2.33. The number of rotatable bonds is 3. The number of ether oxygens (including phenoxy) is 1. The van der Waals surface area contributed by atoms with E-state index < -0.39 is 0 Å². The number of nitrogens with one attached hydrogen (secondary N) is 2. The van der Waals surface area contributed by atoms with Crippen molar-refractivity contribution in [2.24, 2.45) is 0 Å². The first-order valence-corrected chi connectivity index (χ1v) is 5.72. The monoisotopic (exact) mass is 271 g/mol. The molecule has 0 spiro atoms. The third kappa shape index (κ3) is 3.34. The highest BCUT2D eigenvalue weighted by Gasteiger charge is 2.12. The Bertz CT molecular complexity index is 669. The number of benzene rings is 1. The minimum absolute atomic E-state index is 0.00532. The van der Waals surface area contributed by atoms with Crippen molar-refractivity contribution >= 4 is 17.3 Å². The molecule has 0 aliphatic carbocycles. The van der Waals surface area contributed by atoms with E-state index in [1.54, 1.807) is 19.2 Å². The van der Waals surface area contributed by atoms with Crippen LogP contribution in [0.4, 0.5) is 11.5 Å². The molecule has 1 aromatic heterocycles. The fraction of sp³-hybridized carbons (Fsp3) is 0.154. The molecule has 7 heteroatoms. The summed E-state index contributed by atoms with van der Waals surface area (Å²) in [5, 5.41) is 17.7. The van der Waals surface area contributed by atoms with Crippen LogP contribution in [-0.4, -0.2) is 29.9 Å². The van der Waals surface area contributed by atoms with Crippen LogP contribution in [0, 0.1) is 17.3 Å².